The summed E-state index contributed by atoms with van der Waals surface area (Å²) in [6.45, 7) is 0.988. The van der Waals surface area contributed by atoms with Gasteiger partial charge in [-0.25, -0.2) is 4.79 Å². The van der Waals surface area contributed by atoms with E-state index in [2.05, 4.69) is 15.4 Å². The number of nitro benzene ring substituents is 1. The molecule has 0 heterocycles. The van der Waals surface area contributed by atoms with Gasteiger partial charge in [0, 0.05) is 19.5 Å². The third-order valence-corrected chi connectivity index (χ3v) is 3.54. The highest BCUT2D eigenvalue weighted by molar-refractivity contribution is 6.41. The molecule has 0 aromatic heterocycles. The zero-order valence-corrected chi connectivity index (χ0v) is 14.1. The van der Waals surface area contributed by atoms with Crippen LogP contribution in [0.2, 0.25) is 10.0 Å². The number of nitrogens with one attached hydrogen (secondary N) is 2. The Hall–Kier alpha value is -2.39. The first kappa shape index (κ1) is 19.7. The highest BCUT2D eigenvalue weighted by atomic mass is 35.5. The number of nitro groups is 1. The van der Waals surface area contributed by atoms with Crippen LogP contribution in [0.25, 0.3) is 0 Å². The Morgan fingerprint density at radius 2 is 1.96 bits per heavy atom. The summed E-state index contributed by atoms with van der Waals surface area (Å²) in [4.78, 5) is 45.1. The molecule has 1 rings (SSSR count). The number of methoxy groups -OCH3 is 1. The number of ether oxygens (including phenoxy) is 1. The van der Waals surface area contributed by atoms with Gasteiger partial charge in [0.2, 0.25) is 5.91 Å². The predicted molar refractivity (Wildman–Crippen MR) is 85.1 cm³/mol. The highest BCUT2D eigenvalue weighted by Gasteiger charge is 2.28. The van der Waals surface area contributed by atoms with Crippen molar-refractivity contribution < 1.29 is 24.0 Å². The van der Waals surface area contributed by atoms with Gasteiger partial charge in [-0.15, -0.1) is 0 Å². The topological polar surface area (TPSA) is 128 Å². The average molecular weight is 378 g/mol. The number of nitrogens with zero attached hydrogens (tertiary/aromatic N) is 1. The van der Waals surface area contributed by atoms with Crippen LogP contribution in [0.5, 0.6) is 0 Å². The third kappa shape index (κ3) is 4.80. The lowest BCUT2D eigenvalue weighted by Gasteiger charge is -2.17. The van der Waals surface area contributed by atoms with Crippen LogP contribution in [-0.4, -0.2) is 42.4 Å². The maximum absolute atomic E-state index is 12.3. The molecule has 130 valence electrons. The largest absolute Gasteiger partial charge is 0.467 e. The molecule has 11 heteroatoms. The molecular formula is C13H13Cl2N3O6. The van der Waals surface area contributed by atoms with Gasteiger partial charge in [-0.05, 0) is 6.07 Å². The van der Waals surface area contributed by atoms with Gasteiger partial charge in [-0.1, -0.05) is 23.2 Å². The standard InChI is InChI=1S/C13H13Cl2N3O6/c1-6(19)16-5-8(13(21)24-2)17-12(20)10-7(14)3-4-9(11(10)15)18(22)23/h3-4,8H,5H2,1-2H3,(H,16,19)(H,17,20)/t8-/m0/s1. The lowest BCUT2D eigenvalue weighted by atomic mass is 10.1. The Morgan fingerprint density at radius 1 is 1.33 bits per heavy atom. The predicted octanol–water partition coefficient (Wildman–Crippen LogP) is 1.31. The molecule has 0 unspecified atom stereocenters. The molecule has 0 aliphatic rings. The molecule has 1 aromatic rings. The van der Waals surface area contributed by atoms with Crippen molar-refractivity contribution in [3.05, 3.63) is 37.9 Å². The molecular weight excluding hydrogens is 365 g/mol. The number of carbonyl (C=O) groups excluding carboxylic acids is 3. The Kier molecular flexibility index (Phi) is 6.93. The van der Waals surface area contributed by atoms with Gasteiger partial charge < -0.3 is 15.4 Å². The van der Waals surface area contributed by atoms with E-state index in [-0.39, 0.29) is 17.1 Å². The SMILES string of the molecule is COC(=O)[C@H](CNC(C)=O)NC(=O)c1c(Cl)ccc([N+](=O)[O-])c1Cl. The third-order valence-electron chi connectivity index (χ3n) is 2.84. The minimum Gasteiger partial charge on any atom is -0.467 e. The summed E-state index contributed by atoms with van der Waals surface area (Å²) >= 11 is 11.7. The summed E-state index contributed by atoms with van der Waals surface area (Å²) in [5, 5.41) is 14.9. The molecule has 0 aliphatic carbocycles. The Labute approximate surface area is 146 Å². The second-order valence-corrected chi connectivity index (χ2v) is 5.28. The van der Waals surface area contributed by atoms with Crippen molar-refractivity contribution in [3.8, 4) is 0 Å². The highest BCUT2D eigenvalue weighted by Crippen LogP contribution is 2.33. The van der Waals surface area contributed by atoms with E-state index in [1.807, 2.05) is 0 Å². The molecule has 0 spiro atoms. The fourth-order valence-electron chi connectivity index (χ4n) is 1.70. The first-order chi connectivity index (χ1) is 11.2. The first-order valence-electron chi connectivity index (χ1n) is 6.44. The number of carbonyl (C=O) groups is 3. The van der Waals surface area contributed by atoms with Crippen LogP contribution in [0.15, 0.2) is 12.1 Å². The van der Waals surface area contributed by atoms with Crippen molar-refractivity contribution in [2.45, 2.75) is 13.0 Å². The lowest BCUT2D eigenvalue weighted by molar-refractivity contribution is -0.384. The van der Waals surface area contributed by atoms with Crippen molar-refractivity contribution >= 4 is 46.7 Å². The van der Waals surface area contributed by atoms with E-state index in [9.17, 15) is 24.5 Å². The summed E-state index contributed by atoms with van der Waals surface area (Å²) in [6.07, 6.45) is 0. The van der Waals surface area contributed by atoms with Gasteiger partial charge in [0.25, 0.3) is 11.6 Å². The number of benzene rings is 1. The van der Waals surface area contributed by atoms with Crippen LogP contribution in [-0.2, 0) is 14.3 Å². The quantitative estimate of drug-likeness (QED) is 0.436. The Morgan fingerprint density at radius 3 is 2.46 bits per heavy atom. The van der Waals surface area contributed by atoms with Gasteiger partial charge >= 0.3 is 5.97 Å². The normalized spacial score (nSPS) is 11.3. The van der Waals surface area contributed by atoms with E-state index in [4.69, 9.17) is 23.2 Å². The van der Waals surface area contributed by atoms with Crippen molar-refractivity contribution in [3.63, 3.8) is 0 Å². The Bertz CT molecular complexity index is 695. The van der Waals surface area contributed by atoms with Crippen LogP contribution in [0.1, 0.15) is 17.3 Å². The first-order valence-corrected chi connectivity index (χ1v) is 7.20. The molecule has 0 saturated carbocycles. The fraction of sp³-hybridized carbons (Fsp3) is 0.308. The maximum Gasteiger partial charge on any atom is 0.330 e. The summed E-state index contributed by atoms with van der Waals surface area (Å²) in [6, 6.07) is 0.968. The molecule has 2 N–H and O–H groups in total. The second-order valence-electron chi connectivity index (χ2n) is 4.50. The molecule has 1 aromatic carbocycles. The molecule has 2 amide bonds. The van der Waals surface area contributed by atoms with Crippen LogP contribution in [0.4, 0.5) is 5.69 Å². The van der Waals surface area contributed by atoms with E-state index in [1.165, 1.54) is 6.92 Å². The summed E-state index contributed by atoms with van der Waals surface area (Å²) in [7, 11) is 1.10. The molecule has 0 radical (unpaired) electrons. The monoisotopic (exact) mass is 377 g/mol. The fourth-order valence-corrected chi connectivity index (χ4v) is 2.31. The van der Waals surface area contributed by atoms with Crippen molar-refractivity contribution in [2.75, 3.05) is 13.7 Å². The zero-order valence-electron chi connectivity index (χ0n) is 12.6. The number of amides is 2. The number of esters is 1. The Balaban J connectivity index is 3.11. The lowest BCUT2D eigenvalue weighted by Crippen LogP contribution is -2.48. The van der Waals surface area contributed by atoms with Crippen molar-refractivity contribution in [1.29, 1.82) is 0 Å². The van der Waals surface area contributed by atoms with Crippen molar-refractivity contribution in [2.24, 2.45) is 0 Å². The average Bonchev–Trinajstić information content (AvgIpc) is 2.50. The van der Waals surface area contributed by atoms with E-state index < -0.39 is 39.5 Å². The number of hydrogen-bond acceptors (Lipinski definition) is 6. The molecule has 1 atom stereocenters. The summed E-state index contributed by atoms with van der Waals surface area (Å²) in [5.74, 6) is -2.17. The van der Waals surface area contributed by atoms with Gasteiger partial charge in [0.05, 0.1) is 22.6 Å². The minimum absolute atomic E-state index is 0.133. The molecule has 0 fully saturated rings. The van der Waals surface area contributed by atoms with E-state index in [1.54, 1.807) is 0 Å². The van der Waals surface area contributed by atoms with Gasteiger partial charge in [0.15, 0.2) is 0 Å². The molecule has 0 aliphatic heterocycles. The summed E-state index contributed by atoms with van der Waals surface area (Å²) < 4.78 is 4.52. The van der Waals surface area contributed by atoms with Gasteiger partial charge in [0.1, 0.15) is 11.1 Å². The van der Waals surface area contributed by atoms with E-state index >= 15 is 0 Å². The number of rotatable bonds is 6. The van der Waals surface area contributed by atoms with Crippen molar-refractivity contribution in [1.82, 2.24) is 10.6 Å². The second kappa shape index (κ2) is 8.46. The maximum atomic E-state index is 12.3. The number of hydrogen-bond donors (Lipinski definition) is 2. The molecule has 0 saturated heterocycles. The van der Waals surface area contributed by atoms with E-state index in [0.29, 0.717) is 0 Å². The summed E-state index contributed by atoms with van der Waals surface area (Å²) in [5.41, 5.74) is -0.869. The van der Waals surface area contributed by atoms with Crippen LogP contribution in [0, 0.1) is 10.1 Å². The van der Waals surface area contributed by atoms with Gasteiger partial charge in [-0.3, -0.25) is 19.7 Å². The van der Waals surface area contributed by atoms with E-state index in [0.717, 1.165) is 19.2 Å². The van der Waals surface area contributed by atoms with Crippen LogP contribution >= 0.6 is 23.2 Å². The molecule has 9 nitrogen and oxygen atoms in total. The smallest absolute Gasteiger partial charge is 0.330 e. The van der Waals surface area contributed by atoms with Crippen LogP contribution in [0.3, 0.4) is 0 Å². The molecule has 0 bridgehead atoms. The minimum atomic E-state index is -1.22. The molecule has 24 heavy (non-hydrogen) atoms. The van der Waals surface area contributed by atoms with Gasteiger partial charge in [-0.2, -0.15) is 0 Å². The van der Waals surface area contributed by atoms with Crippen LogP contribution < -0.4 is 10.6 Å². The zero-order chi connectivity index (χ0) is 18.4. The number of halogens is 2.